The standard InChI is InChI=1S/C28H28N2O2/c1-3-19-27(21-13-7-5-8-14-21)28(20-4-2,22-15-9-6-10-16-22)30(27)29-25(31)23-17-11-12-18-24(23)26(29)32/h5-18H,3-4,19-20H2,1-2H3/t27-,28+,30?. The molecule has 2 aliphatic heterocycles. The van der Waals surface area contributed by atoms with E-state index in [0.717, 1.165) is 36.8 Å². The highest BCUT2D eigenvalue weighted by Gasteiger charge is 2.79. The van der Waals surface area contributed by atoms with Gasteiger partial charge in [0.05, 0.1) is 22.2 Å². The van der Waals surface area contributed by atoms with E-state index in [2.05, 4.69) is 43.1 Å². The highest BCUT2D eigenvalue weighted by molar-refractivity contribution is 6.21. The van der Waals surface area contributed by atoms with Crippen molar-refractivity contribution in [3.8, 4) is 0 Å². The number of carbonyl (C=O) groups is 2. The van der Waals surface area contributed by atoms with Crippen LogP contribution in [0.5, 0.6) is 0 Å². The summed E-state index contributed by atoms with van der Waals surface area (Å²) in [4.78, 5) is 27.2. The molecule has 0 radical (unpaired) electrons. The average molecular weight is 425 g/mol. The second-order valence-electron chi connectivity index (χ2n) is 8.73. The lowest BCUT2D eigenvalue weighted by atomic mass is 9.77. The molecule has 2 heterocycles. The van der Waals surface area contributed by atoms with Gasteiger partial charge in [-0.15, -0.1) is 0 Å². The zero-order chi connectivity index (χ0) is 22.3. The number of hydrogen-bond acceptors (Lipinski definition) is 3. The summed E-state index contributed by atoms with van der Waals surface area (Å²) < 4.78 is 0. The van der Waals surface area contributed by atoms with Crippen LogP contribution in [0.25, 0.3) is 0 Å². The van der Waals surface area contributed by atoms with Gasteiger partial charge in [0.2, 0.25) is 0 Å². The van der Waals surface area contributed by atoms with Gasteiger partial charge in [0.15, 0.2) is 0 Å². The Balaban J connectivity index is 1.76. The molecule has 0 aromatic heterocycles. The van der Waals surface area contributed by atoms with Crippen LogP contribution in [0.4, 0.5) is 0 Å². The van der Waals surface area contributed by atoms with Gasteiger partial charge in [0.25, 0.3) is 11.8 Å². The van der Waals surface area contributed by atoms with Crippen LogP contribution in [0.3, 0.4) is 0 Å². The van der Waals surface area contributed by atoms with E-state index in [1.807, 2.05) is 48.5 Å². The van der Waals surface area contributed by atoms with Crippen molar-refractivity contribution in [3.05, 3.63) is 107 Å². The molecule has 2 amide bonds. The monoisotopic (exact) mass is 424 g/mol. The van der Waals surface area contributed by atoms with E-state index < -0.39 is 11.1 Å². The van der Waals surface area contributed by atoms with Crippen LogP contribution in [-0.4, -0.2) is 21.8 Å². The van der Waals surface area contributed by atoms with Crippen molar-refractivity contribution in [1.29, 1.82) is 0 Å². The molecule has 0 N–H and O–H groups in total. The predicted molar refractivity (Wildman–Crippen MR) is 125 cm³/mol. The fourth-order valence-electron chi connectivity index (χ4n) is 5.93. The van der Waals surface area contributed by atoms with Gasteiger partial charge < -0.3 is 0 Å². The Morgan fingerprint density at radius 3 is 1.34 bits per heavy atom. The molecule has 3 aromatic rings. The number of benzene rings is 3. The molecule has 4 heteroatoms. The summed E-state index contributed by atoms with van der Waals surface area (Å²) in [7, 11) is 0. The highest BCUT2D eigenvalue weighted by atomic mass is 16.2. The molecule has 3 atom stereocenters. The van der Waals surface area contributed by atoms with E-state index in [1.165, 1.54) is 5.01 Å². The quantitative estimate of drug-likeness (QED) is 0.350. The van der Waals surface area contributed by atoms with Crippen molar-refractivity contribution in [2.24, 2.45) is 0 Å². The molecule has 162 valence electrons. The lowest BCUT2D eigenvalue weighted by Gasteiger charge is -2.22. The number of amides is 2. The largest absolute Gasteiger partial charge is 0.276 e. The van der Waals surface area contributed by atoms with Crippen molar-refractivity contribution in [3.63, 3.8) is 0 Å². The number of rotatable bonds is 7. The first kappa shape index (κ1) is 20.7. The van der Waals surface area contributed by atoms with Crippen molar-refractivity contribution in [1.82, 2.24) is 10.0 Å². The molecule has 4 nitrogen and oxygen atoms in total. The smallest absolute Gasteiger partial charge is 0.267 e. The summed E-state index contributed by atoms with van der Waals surface area (Å²) in [6.07, 6.45) is 3.57. The molecule has 0 spiro atoms. The molecular formula is C28H28N2O2. The number of hydrogen-bond donors (Lipinski definition) is 0. The first-order valence-electron chi connectivity index (χ1n) is 11.5. The van der Waals surface area contributed by atoms with Gasteiger partial charge in [-0.25, -0.2) is 0 Å². The minimum Gasteiger partial charge on any atom is -0.267 e. The summed E-state index contributed by atoms with van der Waals surface area (Å²) in [6.45, 7) is 4.34. The van der Waals surface area contributed by atoms with Gasteiger partial charge >= 0.3 is 0 Å². The molecular weight excluding hydrogens is 396 g/mol. The first-order chi connectivity index (χ1) is 15.6. The Hall–Kier alpha value is -3.24. The van der Waals surface area contributed by atoms with Crippen LogP contribution in [0, 0.1) is 0 Å². The van der Waals surface area contributed by atoms with Crippen molar-refractivity contribution >= 4 is 11.8 Å². The van der Waals surface area contributed by atoms with Crippen LogP contribution in [0.1, 0.15) is 71.4 Å². The third kappa shape index (κ3) is 2.59. The predicted octanol–water partition coefficient (Wildman–Crippen LogP) is 5.90. The third-order valence-corrected chi connectivity index (χ3v) is 7.06. The van der Waals surface area contributed by atoms with Gasteiger partial charge in [-0.1, -0.05) is 99.5 Å². The van der Waals surface area contributed by atoms with Crippen LogP contribution in [0.15, 0.2) is 84.9 Å². The Kier molecular flexibility index (Phi) is 4.98. The molecule has 1 unspecified atom stereocenters. The zero-order valence-corrected chi connectivity index (χ0v) is 18.6. The number of fused-ring (bicyclic) bond motifs is 1. The SMILES string of the molecule is CCC[C@]1(c2ccccc2)N(N2C(=O)c3ccccc3C2=O)[C@@]1(CCC)c1ccccc1. The molecule has 0 saturated carbocycles. The number of carbonyl (C=O) groups excluding carboxylic acids is 2. The normalized spacial score (nSPS) is 26.3. The number of hydrazine groups is 1. The van der Waals surface area contributed by atoms with Crippen LogP contribution >= 0.6 is 0 Å². The molecule has 32 heavy (non-hydrogen) atoms. The third-order valence-electron chi connectivity index (χ3n) is 7.06. The second-order valence-corrected chi connectivity index (χ2v) is 8.73. The Morgan fingerprint density at radius 2 is 0.969 bits per heavy atom. The van der Waals surface area contributed by atoms with Crippen molar-refractivity contribution < 1.29 is 9.59 Å². The van der Waals surface area contributed by atoms with Crippen LogP contribution in [-0.2, 0) is 11.1 Å². The lowest BCUT2D eigenvalue weighted by Crippen LogP contribution is -2.40. The molecule has 1 fully saturated rings. The van der Waals surface area contributed by atoms with E-state index in [-0.39, 0.29) is 11.8 Å². The van der Waals surface area contributed by atoms with Crippen molar-refractivity contribution in [2.45, 2.75) is 50.6 Å². The first-order valence-corrected chi connectivity index (χ1v) is 11.5. The summed E-state index contributed by atoms with van der Waals surface area (Å²) in [5, 5.41) is 3.55. The van der Waals surface area contributed by atoms with E-state index in [0.29, 0.717) is 11.1 Å². The molecule has 5 rings (SSSR count). The topological polar surface area (TPSA) is 40.4 Å². The molecule has 2 aliphatic rings. The van der Waals surface area contributed by atoms with Gasteiger partial charge in [-0.05, 0) is 36.1 Å². The minimum atomic E-state index is -0.465. The second kappa shape index (κ2) is 7.72. The Labute approximate surface area is 189 Å². The number of nitrogens with zero attached hydrogens (tertiary/aromatic N) is 2. The van der Waals surface area contributed by atoms with E-state index in [9.17, 15) is 9.59 Å². The maximum atomic E-state index is 13.6. The fourth-order valence-corrected chi connectivity index (χ4v) is 5.93. The van der Waals surface area contributed by atoms with E-state index in [4.69, 9.17) is 0 Å². The maximum Gasteiger partial charge on any atom is 0.276 e. The summed E-state index contributed by atoms with van der Waals surface area (Å²) in [5.41, 5.74) is 2.34. The van der Waals surface area contributed by atoms with Crippen LogP contribution in [0.2, 0.25) is 0 Å². The highest BCUT2D eigenvalue weighted by Crippen LogP contribution is 2.70. The van der Waals surface area contributed by atoms with Gasteiger partial charge in [0.1, 0.15) is 0 Å². The molecule has 3 aromatic carbocycles. The molecule has 0 aliphatic carbocycles. The van der Waals surface area contributed by atoms with E-state index >= 15 is 0 Å². The average Bonchev–Trinajstić information content (AvgIpc) is 3.33. The molecule has 1 saturated heterocycles. The van der Waals surface area contributed by atoms with Crippen molar-refractivity contribution in [2.75, 3.05) is 0 Å². The van der Waals surface area contributed by atoms with Gasteiger partial charge in [-0.2, -0.15) is 10.0 Å². The zero-order valence-electron chi connectivity index (χ0n) is 18.6. The van der Waals surface area contributed by atoms with Gasteiger partial charge in [-0.3, -0.25) is 9.59 Å². The minimum absolute atomic E-state index is 0.226. The molecule has 0 bridgehead atoms. The van der Waals surface area contributed by atoms with Gasteiger partial charge in [0, 0.05) is 0 Å². The Morgan fingerprint density at radius 1 is 0.594 bits per heavy atom. The fraction of sp³-hybridized carbons (Fsp3) is 0.286. The summed E-state index contributed by atoms with van der Waals surface area (Å²) in [6, 6.07) is 27.9. The maximum absolute atomic E-state index is 13.6. The number of imide groups is 1. The summed E-state index contributed by atoms with van der Waals surface area (Å²) in [5.74, 6) is -0.452. The van der Waals surface area contributed by atoms with E-state index in [1.54, 1.807) is 12.1 Å². The lowest BCUT2D eigenvalue weighted by molar-refractivity contribution is 0.0230. The Bertz CT molecular complexity index is 1070. The van der Waals surface area contributed by atoms with Crippen LogP contribution < -0.4 is 0 Å². The summed E-state index contributed by atoms with van der Waals surface area (Å²) >= 11 is 0.